The van der Waals surface area contributed by atoms with E-state index in [1.807, 2.05) is 0 Å². The van der Waals surface area contributed by atoms with E-state index in [9.17, 15) is 4.79 Å². The summed E-state index contributed by atoms with van der Waals surface area (Å²) in [4.78, 5) is 19.5. The van der Waals surface area contributed by atoms with Crippen LogP contribution in [-0.4, -0.2) is 22.2 Å². The van der Waals surface area contributed by atoms with Gasteiger partial charge in [-0.15, -0.1) is 0 Å². The molecule has 2 N–H and O–H groups in total. The molecule has 94 valence electrons. The minimum atomic E-state index is -0.867. The average molecular weight is 230 g/mol. The molecule has 0 aliphatic heterocycles. The summed E-state index contributed by atoms with van der Waals surface area (Å²) in [5.74, 6) is -0.714. The zero-order valence-corrected chi connectivity index (χ0v) is 10.5. The van der Waals surface area contributed by atoms with Gasteiger partial charge in [-0.25, -0.2) is 4.79 Å². The van der Waals surface area contributed by atoms with Crippen LogP contribution in [0, 0.1) is 11.8 Å². The number of rotatable bonds is 5. The molecule has 0 fully saturated rings. The van der Waals surface area contributed by atoms with Crippen LogP contribution in [0.1, 0.15) is 40.5 Å². The van der Waals surface area contributed by atoms with E-state index >= 15 is 0 Å². The number of carbonyl (C=O) groups is 2. The van der Waals surface area contributed by atoms with Crippen molar-refractivity contribution in [2.45, 2.75) is 40.5 Å². The Bertz CT molecular complexity index is 239. The van der Waals surface area contributed by atoms with E-state index < -0.39 is 11.9 Å². The van der Waals surface area contributed by atoms with Gasteiger partial charge in [0.15, 0.2) is 0 Å². The molecule has 0 saturated carbocycles. The summed E-state index contributed by atoms with van der Waals surface area (Å²) in [6.07, 6.45) is 1.63. The molecule has 0 spiro atoms. The van der Waals surface area contributed by atoms with Gasteiger partial charge in [-0.05, 0) is 18.3 Å². The van der Waals surface area contributed by atoms with Crippen LogP contribution in [0.5, 0.6) is 0 Å². The Balaban J connectivity index is 0. The number of carboxylic acids is 2. The molecule has 0 rings (SSSR count). The third-order valence-corrected chi connectivity index (χ3v) is 2.28. The fourth-order valence-corrected chi connectivity index (χ4v) is 1.26. The van der Waals surface area contributed by atoms with Crippen LogP contribution in [0.15, 0.2) is 12.2 Å². The summed E-state index contributed by atoms with van der Waals surface area (Å²) >= 11 is 0. The highest BCUT2D eigenvalue weighted by molar-refractivity contribution is 5.85. The van der Waals surface area contributed by atoms with Crippen molar-refractivity contribution in [3.05, 3.63) is 12.2 Å². The minimum Gasteiger partial charge on any atom is -0.481 e. The molecule has 0 radical (unpaired) electrons. The predicted octanol–water partition coefficient (Wildman–Crippen LogP) is 2.79. The summed E-state index contributed by atoms with van der Waals surface area (Å²) in [5.41, 5.74) is 0.329. The SMILES string of the molecule is C=C(CC(CC)C(C)C)C(=O)O.CC(=O)O. The third-order valence-electron chi connectivity index (χ3n) is 2.28. The fourth-order valence-electron chi connectivity index (χ4n) is 1.26. The second kappa shape index (κ2) is 8.95. The molecule has 4 nitrogen and oxygen atoms in total. The first-order valence-electron chi connectivity index (χ1n) is 5.32. The van der Waals surface area contributed by atoms with Gasteiger partial charge in [0.05, 0.1) is 0 Å². The van der Waals surface area contributed by atoms with Gasteiger partial charge < -0.3 is 10.2 Å². The second-order valence-electron chi connectivity index (χ2n) is 4.04. The first kappa shape index (κ1) is 17.1. The molecule has 4 heteroatoms. The molecule has 1 unspecified atom stereocenters. The van der Waals surface area contributed by atoms with E-state index in [1.165, 1.54) is 0 Å². The second-order valence-corrected chi connectivity index (χ2v) is 4.04. The van der Waals surface area contributed by atoms with E-state index in [4.69, 9.17) is 15.0 Å². The van der Waals surface area contributed by atoms with Gasteiger partial charge >= 0.3 is 5.97 Å². The maximum atomic E-state index is 10.5. The van der Waals surface area contributed by atoms with Crippen LogP contribution in [-0.2, 0) is 9.59 Å². The van der Waals surface area contributed by atoms with Gasteiger partial charge in [0.25, 0.3) is 5.97 Å². The Morgan fingerprint density at radius 3 is 1.81 bits per heavy atom. The lowest BCUT2D eigenvalue weighted by Gasteiger charge is -2.18. The normalized spacial score (nSPS) is 11.3. The highest BCUT2D eigenvalue weighted by Gasteiger charge is 2.15. The Morgan fingerprint density at radius 1 is 1.25 bits per heavy atom. The van der Waals surface area contributed by atoms with Crippen LogP contribution >= 0.6 is 0 Å². The number of hydrogen-bond donors (Lipinski definition) is 2. The van der Waals surface area contributed by atoms with Crippen molar-refractivity contribution in [2.24, 2.45) is 11.8 Å². The molecule has 0 aromatic carbocycles. The molecule has 0 heterocycles. The zero-order chi connectivity index (χ0) is 13.3. The van der Waals surface area contributed by atoms with Crippen LogP contribution < -0.4 is 0 Å². The molecule has 0 aromatic heterocycles. The lowest BCUT2D eigenvalue weighted by atomic mass is 9.87. The summed E-state index contributed by atoms with van der Waals surface area (Å²) < 4.78 is 0. The molecule has 0 bridgehead atoms. The molecule has 0 saturated heterocycles. The Hall–Kier alpha value is -1.32. The van der Waals surface area contributed by atoms with Crippen LogP contribution in [0.25, 0.3) is 0 Å². The van der Waals surface area contributed by atoms with Crippen molar-refractivity contribution >= 4 is 11.9 Å². The van der Waals surface area contributed by atoms with Gasteiger partial charge in [-0.1, -0.05) is 33.8 Å². The highest BCUT2D eigenvalue weighted by Crippen LogP contribution is 2.22. The van der Waals surface area contributed by atoms with Crippen LogP contribution in [0.2, 0.25) is 0 Å². The van der Waals surface area contributed by atoms with Crippen LogP contribution in [0.4, 0.5) is 0 Å². The zero-order valence-electron chi connectivity index (χ0n) is 10.5. The number of carboxylic acid groups (broad SMARTS) is 2. The average Bonchev–Trinajstić information content (AvgIpc) is 2.11. The van der Waals surface area contributed by atoms with Crippen molar-refractivity contribution in [3.8, 4) is 0 Å². The van der Waals surface area contributed by atoms with Crippen LogP contribution in [0.3, 0.4) is 0 Å². The predicted molar refractivity (Wildman–Crippen MR) is 63.3 cm³/mol. The summed E-state index contributed by atoms with van der Waals surface area (Å²) in [5, 5.41) is 16.0. The molecular formula is C12H22O4. The van der Waals surface area contributed by atoms with Crippen molar-refractivity contribution in [1.82, 2.24) is 0 Å². The molecule has 0 aliphatic rings. The molecule has 0 aliphatic carbocycles. The van der Waals surface area contributed by atoms with E-state index in [1.54, 1.807) is 0 Å². The molecule has 0 amide bonds. The summed E-state index contributed by atoms with van der Waals surface area (Å²) in [7, 11) is 0. The maximum Gasteiger partial charge on any atom is 0.330 e. The molecular weight excluding hydrogens is 208 g/mol. The van der Waals surface area contributed by atoms with E-state index in [-0.39, 0.29) is 0 Å². The van der Waals surface area contributed by atoms with E-state index in [2.05, 4.69) is 27.4 Å². The van der Waals surface area contributed by atoms with Crippen molar-refractivity contribution in [3.63, 3.8) is 0 Å². The number of aliphatic carboxylic acids is 2. The minimum absolute atomic E-state index is 0.329. The smallest absolute Gasteiger partial charge is 0.330 e. The van der Waals surface area contributed by atoms with Crippen molar-refractivity contribution < 1.29 is 19.8 Å². The van der Waals surface area contributed by atoms with E-state index in [0.29, 0.717) is 23.8 Å². The van der Waals surface area contributed by atoms with Crippen molar-refractivity contribution in [2.75, 3.05) is 0 Å². The number of hydrogen-bond acceptors (Lipinski definition) is 2. The fraction of sp³-hybridized carbons (Fsp3) is 0.667. The monoisotopic (exact) mass is 230 g/mol. The molecule has 1 atom stereocenters. The topological polar surface area (TPSA) is 74.6 Å². The lowest BCUT2D eigenvalue weighted by Crippen LogP contribution is -2.11. The Kier molecular flexibility index (Phi) is 9.55. The van der Waals surface area contributed by atoms with Gasteiger partial charge in [-0.2, -0.15) is 0 Å². The van der Waals surface area contributed by atoms with Crippen molar-refractivity contribution in [1.29, 1.82) is 0 Å². The highest BCUT2D eigenvalue weighted by atomic mass is 16.4. The molecule has 0 aromatic rings. The lowest BCUT2D eigenvalue weighted by molar-refractivity contribution is -0.134. The van der Waals surface area contributed by atoms with Gasteiger partial charge in [0, 0.05) is 12.5 Å². The summed E-state index contributed by atoms with van der Waals surface area (Å²) in [6, 6.07) is 0. The third kappa shape index (κ3) is 10.8. The Morgan fingerprint density at radius 2 is 1.62 bits per heavy atom. The Labute approximate surface area is 97.0 Å². The van der Waals surface area contributed by atoms with Gasteiger partial charge in [-0.3, -0.25) is 4.79 Å². The maximum absolute atomic E-state index is 10.5. The first-order chi connectivity index (χ1) is 7.22. The summed E-state index contributed by atoms with van der Waals surface area (Å²) in [6.45, 7) is 10.9. The standard InChI is InChI=1S/C10H18O2.C2H4O2/c1-5-9(7(2)3)6-8(4)10(11)12;1-2(3)4/h7,9H,4-6H2,1-3H3,(H,11,12);1H3,(H,3,4). The first-order valence-corrected chi connectivity index (χ1v) is 5.32. The quantitative estimate of drug-likeness (QED) is 0.712. The molecule has 16 heavy (non-hydrogen) atoms. The largest absolute Gasteiger partial charge is 0.481 e. The van der Waals surface area contributed by atoms with Gasteiger partial charge in [0.2, 0.25) is 0 Å². The van der Waals surface area contributed by atoms with E-state index in [0.717, 1.165) is 13.3 Å². The van der Waals surface area contributed by atoms with Gasteiger partial charge in [0.1, 0.15) is 0 Å².